The van der Waals surface area contributed by atoms with Crippen molar-refractivity contribution in [3.8, 4) is 0 Å². The molecule has 0 saturated heterocycles. The fourth-order valence-electron chi connectivity index (χ4n) is 1.89. The minimum absolute atomic E-state index is 0.0298. The van der Waals surface area contributed by atoms with Gasteiger partial charge in [0.05, 0.1) is 27.8 Å². The predicted molar refractivity (Wildman–Crippen MR) is 89.4 cm³/mol. The van der Waals surface area contributed by atoms with Gasteiger partial charge in [0, 0.05) is 0 Å². The number of ether oxygens (including phenoxy) is 1. The van der Waals surface area contributed by atoms with Crippen molar-refractivity contribution in [2.24, 2.45) is 0 Å². The molecule has 7 heteroatoms. The molecule has 2 aromatic rings. The third-order valence-corrected chi connectivity index (χ3v) is 4.74. The van der Waals surface area contributed by atoms with Crippen molar-refractivity contribution >= 4 is 33.3 Å². The molecule has 0 fully saturated rings. The van der Waals surface area contributed by atoms with Crippen LogP contribution in [0.2, 0.25) is 5.02 Å². The molecule has 122 valence electrons. The number of esters is 1. The van der Waals surface area contributed by atoms with E-state index in [1.54, 1.807) is 25.1 Å². The Balaban J connectivity index is 2.24. The molecule has 0 saturated carbocycles. The van der Waals surface area contributed by atoms with E-state index < -0.39 is 16.0 Å². The molecule has 2 aromatic carbocycles. The van der Waals surface area contributed by atoms with Crippen LogP contribution in [0.5, 0.6) is 0 Å². The van der Waals surface area contributed by atoms with Gasteiger partial charge in [-0.3, -0.25) is 4.72 Å². The van der Waals surface area contributed by atoms with Crippen LogP contribution in [-0.2, 0) is 14.8 Å². The number of halogens is 1. The van der Waals surface area contributed by atoms with Crippen LogP contribution in [0.15, 0.2) is 47.4 Å². The Kier molecular flexibility index (Phi) is 5.28. The Morgan fingerprint density at radius 3 is 2.39 bits per heavy atom. The standard InChI is InChI=1S/C16H16ClNO4S/c1-3-22-16(19)12-5-7-13(8-6-12)23(20,21)18-15-9-4-11(2)10-14(15)17/h4-10,18H,3H2,1-2H3. The number of carbonyl (C=O) groups excluding carboxylic acids is 1. The summed E-state index contributed by atoms with van der Waals surface area (Å²) in [7, 11) is -3.79. The van der Waals surface area contributed by atoms with Crippen LogP contribution in [0.25, 0.3) is 0 Å². The third kappa shape index (κ3) is 4.24. The molecule has 0 aliphatic heterocycles. The fraction of sp³-hybridized carbons (Fsp3) is 0.188. The molecule has 0 aliphatic carbocycles. The molecule has 0 atom stereocenters. The highest BCUT2D eigenvalue weighted by molar-refractivity contribution is 7.92. The van der Waals surface area contributed by atoms with Crippen LogP contribution in [0.4, 0.5) is 5.69 Å². The van der Waals surface area contributed by atoms with Gasteiger partial charge in [-0.25, -0.2) is 13.2 Å². The molecule has 0 aromatic heterocycles. The fourth-order valence-corrected chi connectivity index (χ4v) is 3.31. The number of hydrogen-bond donors (Lipinski definition) is 1. The third-order valence-electron chi connectivity index (χ3n) is 3.04. The summed E-state index contributed by atoms with van der Waals surface area (Å²) in [6, 6.07) is 10.5. The highest BCUT2D eigenvalue weighted by atomic mass is 35.5. The summed E-state index contributed by atoms with van der Waals surface area (Å²) in [6.45, 7) is 3.82. The van der Waals surface area contributed by atoms with E-state index in [9.17, 15) is 13.2 Å². The zero-order valence-corrected chi connectivity index (χ0v) is 14.2. The Hall–Kier alpha value is -2.05. The Labute approximate surface area is 140 Å². The highest BCUT2D eigenvalue weighted by Gasteiger charge is 2.17. The van der Waals surface area contributed by atoms with Crippen LogP contribution >= 0.6 is 11.6 Å². The lowest BCUT2D eigenvalue weighted by molar-refractivity contribution is 0.0526. The van der Waals surface area contributed by atoms with E-state index in [2.05, 4.69) is 4.72 Å². The maximum atomic E-state index is 12.4. The molecular formula is C16H16ClNO4S. The van der Waals surface area contributed by atoms with Gasteiger partial charge in [-0.05, 0) is 55.8 Å². The first-order valence-electron chi connectivity index (χ1n) is 6.89. The van der Waals surface area contributed by atoms with Crippen molar-refractivity contribution in [3.63, 3.8) is 0 Å². The van der Waals surface area contributed by atoms with Gasteiger partial charge in [-0.15, -0.1) is 0 Å². The molecular weight excluding hydrogens is 338 g/mol. The van der Waals surface area contributed by atoms with Gasteiger partial charge in [0.1, 0.15) is 0 Å². The van der Waals surface area contributed by atoms with Gasteiger partial charge in [-0.1, -0.05) is 17.7 Å². The maximum Gasteiger partial charge on any atom is 0.338 e. The summed E-state index contributed by atoms with van der Waals surface area (Å²) in [5.74, 6) is -0.494. The topological polar surface area (TPSA) is 72.5 Å². The number of anilines is 1. The van der Waals surface area contributed by atoms with Crippen LogP contribution in [0, 0.1) is 6.92 Å². The Morgan fingerprint density at radius 1 is 1.17 bits per heavy atom. The molecule has 0 heterocycles. The smallest absolute Gasteiger partial charge is 0.338 e. The summed E-state index contributed by atoms with van der Waals surface area (Å²) in [5.41, 5.74) is 1.52. The van der Waals surface area contributed by atoms with Crippen molar-refractivity contribution in [2.45, 2.75) is 18.7 Å². The number of benzene rings is 2. The molecule has 0 amide bonds. The number of rotatable bonds is 5. The zero-order valence-electron chi connectivity index (χ0n) is 12.7. The lowest BCUT2D eigenvalue weighted by Crippen LogP contribution is -2.13. The summed E-state index contributed by atoms with van der Waals surface area (Å²) < 4.78 is 32.0. The summed E-state index contributed by atoms with van der Waals surface area (Å²) in [4.78, 5) is 11.6. The minimum Gasteiger partial charge on any atom is -0.462 e. The predicted octanol–water partition coefficient (Wildman–Crippen LogP) is 3.63. The van der Waals surface area contributed by atoms with Crippen molar-refractivity contribution in [1.29, 1.82) is 0 Å². The molecule has 5 nitrogen and oxygen atoms in total. The van der Waals surface area contributed by atoms with Crippen LogP contribution in [-0.4, -0.2) is 21.0 Å². The van der Waals surface area contributed by atoms with E-state index in [1.165, 1.54) is 24.3 Å². The average molecular weight is 354 g/mol. The Morgan fingerprint density at radius 2 is 1.83 bits per heavy atom. The number of sulfonamides is 1. The van der Waals surface area contributed by atoms with Crippen molar-refractivity contribution in [2.75, 3.05) is 11.3 Å². The van der Waals surface area contributed by atoms with E-state index in [0.717, 1.165) is 5.56 Å². The number of nitrogens with one attached hydrogen (secondary N) is 1. The van der Waals surface area contributed by atoms with Gasteiger partial charge in [0.25, 0.3) is 10.0 Å². The largest absolute Gasteiger partial charge is 0.462 e. The first kappa shape index (κ1) is 17.3. The molecule has 2 rings (SSSR count). The van der Waals surface area contributed by atoms with Gasteiger partial charge < -0.3 is 4.74 Å². The molecule has 23 heavy (non-hydrogen) atoms. The van der Waals surface area contributed by atoms with Gasteiger partial charge in [0.15, 0.2) is 0 Å². The summed E-state index contributed by atoms with van der Waals surface area (Å²) in [6.07, 6.45) is 0. The second-order valence-electron chi connectivity index (χ2n) is 4.83. The summed E-state index contributed by atoms with van der Waals surface area (Å²) >= 11 is 6.04. The highest BCUT2D eigenvalue weighted by Crippen LogP contribution is 2.25. The first-order valence-corrected chi connectivity index (χ1v) is 8.76. The maximum absolute atomic E-state index is 12.4. The van der Waals surface area contributed by atoms with E-state index >= 15 is 0 Å². The van der Waals surface area contributed by atoms with E-state index in [4.69, 9.17) is 16.3 Å². The van der Waals surface area contributed by atoms with E-state index in [-0.39, 0.29) is 11.5 Å². The molecule has 0 spiro atoms. The van der Waals surface area contributed by atoms with Crippen molar-refractivity contribution in [3.05, 3.63) is 58.6 Å². The summed E-state index contributed by atoms with van der Waals surface area (Å²) in [5, 5.41) is 0.316. The first-order chi connectivity index (χ1) is 10.8. The van der Waals surface area contributed by atoms with Crippen LogP contribution in [0.1, 0.15) is 22.8 Å². The van der Waals surface area contributed by atoms with Crippen molar-refractivity contribution in [1.82, 2.24) is 0 Å². The lowest BCUT2D eigenvalue weighted by atomic mass is 10.2. The van der Waals surface area contributed by atoms with Crippen molar-refractivity contribution < 1.29 is 17.9 Å². The van der Waals surface area contributed by atoms with E-state index in [1.807, 2.05) is 6.92 Å². The number of hydrogen-bond acceptors (Lipinski definition) is 4. The average Bonchev–Trinajstić information content (AvgIpc) is 2.50. The number of carbonyl (C=O) groups is 1. The van der Waals surface area contributed by atoms with Gasteiger partial charge in [-0.2, -0.15) is 0 Å². The molecule has 0 aliphatic rings. The lowest BCUT2D eigenvalue weighted by Gasteiger charge is -2.10. The second kappa shape index (κ2) is 7.02. The normalized spacial score (nSPS) is 11.1. The second-order valence-corrected chi connectivity index (χ2v) is 6.92. The van der Waals surface area contributed by atoms with Crippen LogP contribution < -0.4 is 4.72 Å². The monoisotopic (exact) mass is 353 g/mol. The zero-order chi connectivity index (χ0) is 17.0. The quantitative estimate of drug-likeness (QED) is 0.833. The van der Waals surface area contributed by atoms with Crippen LogP contribution in [0.3, 0.4) is 0 Å². The van der Waals surface area contributed by atoms with Gasteiger partial charge >= 0.3 is 5.97 Å². The minimum atomic E-state index is -3.79. The molecule has 0 radical (unpaired) electrons. The van der Waals surface area contributed by atoms with Gasteiger partial charge in [0.2, 0.25) is 0 Å². The SMILES string of the molecule is CCOC(=O)c1ccc(S(=O)(=O)Nc2ccc(C)cc2Cl)cc1. The van der Waals surface area contributed by atoms with E-state index in [0.29, 0.717) is 16.3 Å². The molecule has 0 unspecified atom stereocenters. The Bertz CT molecular complexity index is 816. The number of aryl methyl sites for hydroxylation is 1. The molecule has 1 N–H and O–H groups in total. The molecule has 0 bridgehead atoms.